The predicted molar refractivity (Wildman–Crippen MR) is 143 cm³/mol. The van der Waals surface area contributed by atoms with Crippen molar-refractivity contribution in [1.29, 1.82) is 0 Å². The number of fused-ring (bicyclic) bond motifs is 3. The van der Waals surface area contributed by atoms with Crippen LogP contribution in [0.3, 0.4) is 0 Å². The van der Waals surface area contributed by atoms with E-state index in [1.54, 1.807) is 0 Å². The molecule has 36 heavy (non-hydrogen) atoms. The largest absolute Gasteiger partial charge is 0.382 e. The number of nitrogens with zero attached hydrogens (tertiary/aromatic N) is 4. The third kappa shape index (κ3) is 5.75. The molecule has 4 rings (SSSR count). The predicted octanol–water partition coefficient (Wildman–Crippen LogP) is 4.60. The highest BCUT2D eigenvalue weighted by atomic mass is 35.5. The fourth-order valence-corrected chi connectivity index (χ4v) is 5.18. The van der Waals surface area contributed by atoms with Crippen LogP contribution >= 0.6 is 12.4 Å². The molecule has 0 saturated heterocycles. The Morgan fingerprint density at radius 3 is 2.47 bits per heavy atom. The zero-order chi connectivity index (χ0) is 25.0. The normalized spacial score (nSPS) is 11.6. The molecule has 2 aromatic carbocycles. The summed E-state index contributed by atoms with van der Waals surface area (Å²) in [5.74, 6) is 1.37. The number of non-ortho nitro benzene ring substituents is 1. The molecule has 0 spiro atoms. The topological polar surface area (TPSA) is 146 Å². The van der Waals surface area contributed by atoms with E-state index in [1.807, 2.05) is 24.3 Å². The van der Waals surface area contributed by atoms with E-state index >= 15 is 0 Å². The zero-order valence-corrected chi connectivity index (χ0v) is 21.5. The quantitative estimate of drug-likeness (QED) is 0.163. The molecular formula is C24H29ClN6O4S. The molecule has 0 amide bonds. The molecule has 0 atom stereocenters. The summed E-state index contributed by atoms with van der Waals surface area (Å²) in [6, 6.07) is 12.7. The van der Waals surface area contributed by atoms with E-state index in [4.69, 9.17) is 10.7 Å². The van der Waals surface area contributed by atoms with Crippen molar-refractivity contribution in [2.45, 2.75) is 50.5 Å². The number of unbranched alkanes of at least 4 members (excludes halogenated alkanes) is 2. The summed E-state index contributed by atoms with van der Waals surface area (Å²) in [4.78, 5) is 19.5. The minimum atomic E-state index is -3.74. The summed E-state index contributed by atoms with van der Waals surface area (Å²) in [7, 11) is -3.74. The van der Waals surface area contributed by atoms with Gasteiger partial charge in [0.1, 0.15) is 11.3 Å². The number of aryl methyl sites for hydroxylation is 2. The lowest BCUT2D eigenvalue weighted by Crippen LogP contribution is -2.25. The maximum atomic E-state index is 12.5. The molecule has 0 unspecified atom stereocenters. The summed E-state index contributed by atoms with van der Waals surface area (Å²) < 4.78 is 29.8. The van der Waals surface area contributed by atoms with Gasteiger partial charge in [-0.25, -0.2) is 23.1 Å². The van der Waals surface area contributed by atoms with Gasteiger partial charge in [0.05, 0.1) is 20.9 Å². The van der Waals surface area contributed by atoms with E-state index in [-0.39, 0.29) is 29.5 Å². The Morgan fingerprint density at radius 1 is 1.06 bits per heavy atom. The summed E-state index contributed by atoms with van der Waals surface area (Å²) in [5.41, 5.74) is 8.57. The van der Waals surface area contributed by atoms with E-state index in [2.05, 4.69) is 21.2 Å². The highest BCUT2D eigenvalue weighted by Gasteiger charge is 2.18. The number of hydrogen-bond acceptors (Lipinski definition) is 7. The Labute approximate surface area is 215 Å². The number of para-hydroxylation sites is 1. The maximum absolute atomic E-state index is 12.5. The van der Waals surface area contributed by atoms with Crippen LogP contribution in [0.15, 0.2) is 53.4 Å². The lowest BCUT2D eigenvalue weighted by atomic mass is 10.2. The third-order valence-electron chi connectivity index (χ3n) is 5.90. The molecule has 12 heteroatoms. The van der Waals surface area contributed by atoms with E-state index in [9.17, 15) is 18.5 Å². The Balaban J connectivity index is 0.00000361. The van der Waals surface area contributed by atoms with Gasteiger partial charge in [-0.15, -0.1) is 12.4 Å². The van der Waals surface area contributed by atoms with Gasteiger partial charge in [0.2, 0.25) is 10.0 Å². The summed E-state index contributed by atoms with van der Waals surface area (Å²) in [6.07, 6.45) is 4.21. The van der Waals surface area contributed by atoms with Crippen LogP contribution in [0.25, 0.3) is 21.9 Å². The van der Waals surface area contributed by atoms with Gasteiger partial charge >= 0.3 is 0 Å². The second-order valence-electron chi connectivity index (χ2n) is 8.35. The Hall–Kier alpha value is -3.28. The van der Waals surface area contributed by atoms with Crippen molar-refractivity contribution in [2.24, 2.45) is 0 Å². The molecule has 2 heterocycles. The number of anilines is 1. The number of nitro benzene ring substituents is 1. The number of imidazole rings is 1. The monoisotopic (exact) mass is 532 g/mol. The summed E-state index contributed by atoms with van der Waals surface area (Å²) >= 11 is 0. The number of pyridine rings is 1. The highest BCUT2D eigenvalue weighted by molar-refractivity contribution is 7.89. The lowest BCUT2D eigenvalue weighted by Gasteiger charge is -2.11. The number of rotatable bonds is 11. The average molecular weight is 533 g/mol. The number of aromatic nitrogens is 3. The molecule has 0 radical (unpaired) electrons. The van der Waals surface area contributed by atoms with Crippen molar-refractivity contribution in [3.05, 3.63) is 64.5 Å². The number of nitrogens with two attached hydrogens (primary N) is 1. The SMILES string of the molecule is CCCCc1nc2c(N)nc3ccccc3c2n1CCCCNS(=O)(=O)c1ccc([N+](=O)[O-])cc1.Cl. The molecule has 4 aromatic rings. The Bertz CT molecular complexity index is 1470. The van der Waals surface area contributed by atoms with Crippen molar-refractivity contribution in [2.75, 3.05) is 12.3 Å². The van der Waals surface area contributed by atoms with Gasteiger partial charge in [0.25, 0.3) is 5.69 Å². The van der Waals surface area contributed by atoms with Crippen LogP contribution in [0.2, 0.25) is 0 Å². The van der Waals surface area contributed by atoms with Crippen molar-refractivity contribution in [1.82, 2.24) is 19.3 Å². The number of sulfonamides is 1. The fourth-order valence-electron chi connectivity index (χ4n) is 4.10. The molecule has 0 fully saturated rings. The van der Waals surface area contributed by atoms with Crippen molar-refractivity contribution in [3.63, 3.8) is 0 Å². The van der Waals surface area contributed by atoms with Gasteiger partial charge in [0, 0.05) is 37.0 Å². The number of nitro groups is 1. The second-order valence-corrected chi connectivity index (χ2v) is 10.1. The van der Waals surface area contributed by atoms with Gasteiger partial charge in [-0.3, -0.25) is 10.1 Å². The van der Waals surface area contributed by atoms with Gasteiger partial charge in [0.15, 0.2) is 5.82 Å². The first-order valence-electron chi connectivity index (χ1n) is 11.6. The first-order chi connectivity index (χ1) is 16.8. The van der Waals surface area contributed by atoms with Crippen LogP contribution in [0, 0.1) is 10.1 Å². The summed E-state index contributed by atoms with van der Waals surface area (Å²) in [6.45, 7) is 3.05. The number of hydrogen-bond donors (Lipinski definition) is 2. The second kappa shape index (κ2) is 11.6. The smallest absolute Gasteiger partial charge is 0.269 e. The minimum Gasteiger partial charge on any atom is -0.382 e. The first-order valence-corrected chi connectivity index (χ1v) is 13.1. The number of nitrogens with one attached hydrogen (secondary N) is 1. The lowest BCUT2D eigenvalue weighted by molar-refractivity contribution is -0.384. The van der Waals surface area contributed by atoms with Crippen molar-refractivity contribution >= 4 is 55.9 Å². The molecule has 0 bridgehead atoms. The van der Waals surface area contributed by atoms with Crippen LogP contribution < -0.4 is 10.5 Å². The van der Waals surface area contributed by atoms with Crippen molar-refractivity contribution < 1.29 is 13.3 Å². The van der Waals surface area contributed by atoms with Crippen molar-refractivity contribution in [3.8, 4) is 0 Å². The minimum absolute atomic E-state index is 0. The third-order valence-corrected chi connectivity index (χ3v) is 7.38. The number of halogens is 1. The molecule has 0 saturated carbocycles. The van der Waals surface area contributed by atoms with E-state index in [1.165, 1.54) is 24.3 Å². The van der Waals surface area contributed by atoms with E-state index in [0.717, 1.165) is 47.9 Å². The first kappa shape index (κ1) is 27.3. The molecule has 0 aliphatic heterocycles. The van der Waals surface area contributed by atoms with E-state index in [0.29, 0.717) is 24.3 Å². The van der Waals surface area contributed by atoms with Crippen LogP contribution in [0.5, 0.6) is 0 Å². The maximum Gasteiger partial charge on any atom is 0.269 e. The molecule has 0 aliphatic rings. The van der Waals surface area contributed by atoms with Gasteiger partial charge < -0.3 is 10.3 Å². The van der Waals surface area contributed by atoms with Gasteiger partial charge in [-0.1, -0.05) is 31.5 Å². The fraction of sp³-hybridized carbons (Fsp3) is 0.333. The standard InChI is InChI=1S/C24H28N6O4S.ClH/c1-2-3-10-21-28-22-23(19-8-4-5-9-20(19)27-24(22)25)29(21)16-7-6-15-26-35(33,34)18-13-11-17(12-14-18)30(31)32;/h4-5,8-9,11-14,26H,2-3,6-7,10,15-16H2,1H3,(H2,25,27);1H. The van der Waals surface area contributed by atoms with Crippen LogP contribution in [-0.2, 0) is 23.0 Å². The molecule has 3 N–H and O–H groups in total. The molecular weight excluding hydrogens is 504 g/mol. The van der Waals surface area contributed by atoms with Crippen LogP contribution in [0.4, 0.5) is 11.5 Å². The Morgan fingerprint density at radius 2 is 1.78 bits per heavy atom. The Kier molecular flexibility index (Phi) is 8.83. The van der Waals surface area contributed by atoms with Crippen LogP contribution in [0.1, 0.15) is 38.4 Å². The molecule has 0 aliphatic carbocycles. The van der Waals surface area contributed by atoms with E-state index < -0.39 is 14.9 Å². The molecule has 192 valence electrons. The number of benzene rings is 2. The van der Waals surface area contributed by atoms with Gasteiger partial charge in [-0.05, 0) is 37.5 Å². The van der Waals surface area contributed by atoms with Gasteiger partial charge in [-0.2, -0.15) is 0 Å². The molecule has 2 aromatic heterocycles. The average Bonchev–Trinajstić information content (AvgIpc) is 3.22. The highest BCUT2D eigenvalue weighted by Crippen LogP contribution is 2.29. The summed E-state index contributed by atoms with van der Waals surface area (Å²) in [5, 5.41) is 11.8. The van der Waals surface area contributed by atoms with Crippen LogP contribution in [-0.4, -0.2) is 34.4 Å². The number of nitrogen functional groups attached to an aromatic ring is 1. The molecule has 10 nitrogen and oxygen atoms in total. The zero-order valence-electron chi connectivity index (χ0n) is 19.9.